The van der Waals surface area contributed by atoms with Crippen LogP contribution < -0.4 is 0 Å². The van der Waals surface area contributed by atoms with Gasteiger partial charge in [-0.25, -0.2) is 4.39 Å². The van der Waals surface area contributed by atoms with Gasteiger partial charge in [0.2, 0.25) is 0 Å². The summed E-state index contributed by atoms with van der Waals surface area (Å²) in [6.07, 6.45) is 0. The zero-order chi connectivity index (χ0) is 12.1. The molecule has 88 valence electrons. The standard InChI is InChI=1S/C12H15FO2S/c1-8(2)11(12(14)15)16-7-9-5-3-4-6-10(9)13/h3-6,8,11H,7H2,1-2H3,(H,14,15). The van der Waals surface area contributed by atoms with E-state index in [-0.39, 0.29) is 11.7 Å². The van der Waals surface area contributed by atoms with Gasteiger partial charge >= 0.3 is 5.97 Å². The molecule has 0 spiro atoms. The van der Waals surface area contributed by atoms with Crippen molar-refractivity contribution in [2.75, 3.05) is 0 Å². The normalized spacial score (nSPS) is 12.8. The molecule has 0 saturated carbocycles. The number of hydrogen-bond acceptors (Lipinski definition) is 2. The molecule has 1 rings (SSSR count). The van der Waals surface area contributed by atoms with Crippen LogP contribution in [0.1, 0.15) is 19.4 Å². The van der Waals surface area contributed by atoms with Crippen molar-refractivity contribution in [3.63, 3.8) is 0 Å². The Balaban J connectivity index is 2.63. The lowest BCUT2D eigenvalue weighted by Gasteiger charge is -2.15. The fourth-order valence-corrected chi connectivity index (χ4v) is 2.46. The van der Waals surface area contributed by atoms with E-state index in [2.05, 4.69) is 0 Å². The van der Waals surface area contributed by atoms with Crippen molar-refractivity contribution in [3.05, 3.63) is 35.6 Å². The topological polar surface area (TPSA) is 37.3 Å². The molecular formula is C12H15FO2S. The lowest BCUT2D eigenvalue weighted by molar-refractivity contribution is -0.137. The van der Waals surface area contributed by atoms with Crippen LogP contribution >= 0.6 is 11.8 Å². The number of aliphatic carboxylic acids is 1. The van der Waals surface area contributed by atoms with Crippen LogP contribution in [0, 0.1) is 11.7 Å². The minimum absolute atomic E-state index is 0.0364. The summed E-state index contributed by atoms with van der Waals surface area (Å²) in [4.78, 5) is 10.9. The fourth-order valence-electron chi connectivity index (χ4n) is 1.34. The van der Waals surface area contributed by atoms with Crippen molar-refractivity contribution in [1.29, 1.82) is 0 Å². The maximum absolute atomic E-state index is 13.3. The summed E-state index contributed by atoms with van der Waals surface area (Å²) in [5, 5.41) is 8.49. The molecule has 0 fully saturated rings. The lowest BCUT2D eigenvalue weighted by Crippen LogP contribution is -2.22. The minimum atomic E-state index is -0.837. The first-order valence-electron chi connectivity index (χ1n) is 5.10. The molecule has 1 N–H and O–H groups in total. The molecule has 0 aromatic heterocycles. The van der Waals surface area contributed by atoms with Crippen LogP contribution in [-0.2, 0) is 10.5 Å². The van der Waals surface area contributed by atoms with Gasteiger partial charge in [0, 0.05) is 5.75 Å². The summed E-state index contributed by atoms with van der Waals surface area (Å²) in [6.45, 7) is 3.71. The number of halogens is 1. The van der Waals surface area contributed by atoms with Gasteiger partial charge < -0.3 is 5.11 Å². The maximum atomic E-state index is 13.3. The molecule has 0 radical (unpaired) electrons. The highest BCUT2D eigenvalue weighted by Gasteiger charge is 2.22. The Morgan fingerprint density at radius 1 is 1.44 bits per heavy atom. The number of benzene rings is 1. The Hall–Kier alpha value is -1.03. The van der Waals surface area contributed by atoms with Gasteiger partial charge in [0.1, 0.15) is 11.1 Å². The number of carboxylic acids is 1. The summed E-state index contributed by atoms with van der Waals surface area (Å²) >= 11 is 1.27. The first kappa shape index (κ1) is 13.0. The van der Waals surface area contributed by atoms with Crippen molar-refractivity contribution >= 4 is 17.7 Å². The van der Waals surface area contributed by atoms with E-state index in [0.29, 0.717) is 11.3 Å². The number of carboxylic acid groups (broad SMARTS) is 1. The predicted octanol–water partition coefficient (Wildman–Crippen LogP) is 3.17. The Bertz CT molecular complexity index is 366. The molecule has 1 aromatic rings. The van der Waals surface area contributed by atoms with E-state index in [0.717, 1.165) is 0 Å². The second-order valence-electron chi connectivity index (χ2n) is 3.91. The van der Waals surface area contributed by atoms with Gasteiger partial charge in [0.15, 0.2) is 0 Å². The lowest BCUT2D eigenvalue weighted by atomic mass is 10.1. The van der Waals surface area contributed by atoms with Gasteiger partial charge in [-0.05, 0) is 17.5 Å². The minimum Gasteiger partial charge on any atom is -0.480 e. The highest BCUT2D eigenvalue weighted by Crippen LogP contribution is 2.24. The summed E-state index contributed by atoms with van der Waals surface area (Å²) in [5.74, 6) is -0.685. The second-order valence-corrected chi connectivity index (χ2v) is 5.04. The van der Waals surface area contributed by atoms with E-state index in [1.54, 1.807) is 18.2 Å². The zero-order valence-corrected chi connectivity index (χ0v) is 10.1. The summed E-state index contributed by atoms with van der Waals surface area (Å²) < 4.78 is 13.3. The molecule has 1 unspecified atom stereocenters. The van der Waals surface area contributed by atoms with Gasteiger partial charge in [-0.3, -0.25) is 4.79 Å². The average molecular weight is 242 g/mol. The molecule has 0 aliphatic carbocycles. The molecule has 16 heavy (non-hydrogen) atoms. The number of thioether (sulfide) groups is 1. The largest absolute Gasteiger partial charge is 0.480 e. The molecule has 4 heteroatoms. The van der Waals surface area contributed by atoms with Gasteiger partial charge in [0.25, 0.3) is 0 Å². The first-order valence-corrected chi connectivity index (χ1v) is 6.15. The molecule has 0 saturated heterocycles. The highest BCUT2D eigenvalue weighted by molar-refractivity contribution is 7.99. The van der Waals surface area contributed by atoms with Crippen molar-refractivity contribution in [3.8, 4) is 0 Å². The number of carbonyl (C=O) groups is 1. The van der Waals surface area contributed by atoms with Crippen molar-refractivity contribution in [2.45, 2.75) is 24.9 Å². The molecular weight excluding hydrogens is 227 g/mol. The third-order valence-electron chi connectivity index (χ3n) is 2.23. The summed E-state index contributed by atoms with van der Waals surface area (Å²) in [5.41, 5.74) is 0.555. The number of rotatable bonds is 5. The molecule has 0 amide bonds. The molecule has 1 aromatic carbocycles. The van der Waals surface area contributed by atoms with Gasteiger partial charge in [-0.15, -0.1) is 11.8 Å². The molecule has 0 aliphatic heterocycles. The number of hydrogen-bond donors (Lipinski definition) is 1. The van der Waals surface area contributed by atoms with E-state index in [4.69, 9.17) is 5.11 Å². The summed E-state index contributed by atoms with van der Waals surface area (Å²) in [7, 11) is 0. The Labute approximate surface area is 98.9 Å². The molecule has 0 aliphatic rings. The summed E-state index contributed by atoms with van der Waals surface area (Å²) in [6, 6.07) is 6.45. The monoisotopic (exact) mass is 242 g/mol. The predicted molar refractivity (Wildman–Crippen MR) is 64.0 cm³/mol. The SMILES string of the molecule is CC(C)C(SCc1ccccc1F)C(=O)O. The fraction of sp³-hybridized carbons (Fsp3) is 0.417. The van der Waals surface area contributed by atoms with Crippen molar-refractivity contribution in [2.24, 2.45) is 5.92 Å². The van der Waals surface area contributed by atoms with E-state index in [1.807, 2.05) is 13.8 Å². The quantitative estimate of drug-likeness (QED) is 0.861. The zero-order valence-electron chi connectivity index (χ0n) is 9.31. The highest BCUT2D eigenvalue weighted by atomic mass is 32.2. The Kier molecular flexibility index (Phi) is 4.80. The van der Waals surface area contributed by atoms with Crippen molar-refractivity contribution < 1.29 is 14.3 Å². The Morgan fingerprint density at radius 2 is 2.06 bits per heavy atom. The van der Waals surface area contributed by atoms with Crippen LogP contribution in [0.3, 0.4) is 0 Å². The van der Waals surface area contributed by atoms with Crippen LogP contribution in [0.15, 0.2) is 24.3 Å². The van der Waals surface area contributed by atoms with Crippen LogP contribution in [0.2, 0.25) is 0 Å². The van der Waals surface area contributed by atoms with E-state index >= 15 is 0 Å². The van der Waals surface area contributed by atoms with Crippen LogP contribution in [-0.4, -0.2) is 16.3 Å². The van der Waals surface area contributed by atoms with Gasteiger partial charge in [-0.2, -0.15) is 0 Å². The Morgan fingerprint density at radius 3 is 2.56 bits per heavy atom. The van der Waals surface area contributed by atoms with Crippen molar-refractivity contribution in [1.82, 2.24) is 0 Å². The second kappa shape index (κ2) is 5.89. The van der Waals surface area contributed by atoms with Gasteiger partial charge in [-0.1, -0.05) is 32.0 Å². The molecule has 0 bridgehead atoms. The third kappa shape index (κ3) is 3.52. The third-order valence-corrected chi connectivity index (χ3v) is 3.81. The van der Waals surface area contributed by atoms with Crippen LogP contribution in [0.4, 0.5) is 4.39 Å². The van der Waals surface area contributed by atoms with Crippen LogP contribution in [0.25, 0.3) is 0 Å². The maximum Gasteiger partial charge on any atom is 0.316 e. The first-order chi connectivity index (χ1) is 7.52. The molecule has 0 heterocycles. The molecule has 2 nitrogen and oxygen atoms in total. The van der Waals surface area contributed by atoms with E-state index in [1.165, 1.54) is 17.8 Å². The average Bonchev–Trinajstić information content (AvgIpc) is 2.20. The van der Waals surface area contributed by atoms with Crippen LogP contribution in [0.5, 0.6) is 0 Å². The smallest absolute Gasteiger partial charge is 0.316 e. The van der Waals surface area contributed by atoms with Gasteiger partial charge in [0.05, 0.1) is 0 Å². The molecule has 1 atom stereocenters. The van der Waals surface area contributed by atoms with E-state index in [9.17, 15) is 9.18 Å². The van der Waals surface area contributed by atoms with E-state index < -0.39 is 11.2 Å².